The lowest BCUT2D eigenvalue weighted by molar-refractivity contribution is -0.152. The number of hydrogen-bond acceptors (Lipinski definition) is 3. The third-order valence-electron chi connectivity index (χ3n) is 3.92. The standard InChI is InChI=1S/C21H21Cl2NO3/c1-4-7-20(27-14(3)25)21(26)24-19-11-10-15(22)12-17(19)13(2)16-8-5-6-9-18(16)23/h5-6,8-12,20H,2,4,7H2,1,3H3,(H,24,26). The molecule has 1 unspecified atom stereocenters. The minimum atomic E-state index is -0.857. The molecule has 0 radical (unpaired) electrons. The molecule has 0 saturated heterocycles. The fraction of sp³-hybridized carbons (Fsp3) is 0.238. The zero-order chi connectivity index (χ0) is 20.0. The summed E-state index contributed by atoms with van der Waals surface area (Å²) < 4.78 is 5.13. The Labute approximate surface area is 169 Å². The van der Waals surface area contributed by atoms with Crippen molar-refractivity contribution in [3.8, 4) is 0 Å². The number of carbonyl (C=O) groups excluding carboxylic acids is 2. The molecule has 2 aromatic rings. The normalized spacial score (nSPS) is 11.6. The molecule has 142 valence electrons. The van der Waals surface area contributed by atoms with Crippen LogP contribution < -0.4 is 5.32 Å². The molecule has 1 amide bonds. The van der Waals surface area contributed by atoms with E-state index in [0.717, 1.165) is 5.56 Å². The van der Waals surface area contributed by atoms with Gasteiger partial charge in [-0.3, -0.25) is 9.59 Å². The molecule has 1 atom stereocenters. The lowest BCUT2D eigenvalue weighted by Crippen LogP contribution is -2.32. The second-order valence-electron chi connectivity index (χ2n) is 6.02. The minimum absolute atomic E-state index is 0.400. The third-order valence-corrected chi connectivity index (χ3v) is 4.48. The summed E-state index contributed by atoms with van der Waals surface area (Å²) in [6.07, 6.45) is 0.273. The number of nitrogens with one attached hydrogen (secondary N) is 1. The van der Waals surface area contributed by atoms with E-state index in [-0.39, 0.29) is 0 Å². The highest BCUT2D eigenvalue weighted by molar-refractivity contribution is 6.33. The Hall–Kier alpha value is -2.30. The highest BCUT2D eigenvalue weighted by atomic mass is 35.5. The van der Waals surface area contributed by atoms with Crippen molar-refractivity contribution in [1.29, 1.82) is 0 Å². The van der Waals surface area contributed by atoms with Crippen LogP contribution in [0.3, 0.4) is 0 Å². The van der Waals surface area contributed by atoms with Crippen LogP contribution in [0.5, 0.6) is 0 Å². The van der Waals surface area contributed by atoms with Crippen molar-refractivity contribution < 1.29 is 14.3 Å². The molecule has 0 aromatic heterocycles. The van der Waals surface area contributed by atoms with Crippen LogP contribution in [0.4, 0.5) is 5.69 Å². The molecular weight excluding hydrogens is 385 g/mol. The highest BCUT2D eigenvalue weighted by Crippen LogP contribution is 2.34. The van der Waals surface area contributed by atoms with Crippen molar-refractivity contribution >= 4 is 46.3 Å². The Bertz CT molecular complexity index is 864. The molecule has 6 heteroatoms. The number of anilines is 1. The molecule has 4 nitrogen and oxygen atoms in total. The van der Waals surface area contributed by atoms with Gasteiger partial charge in [-0.05, 0) is 36.3 Å². The zero-order valence-electron chi connectivity index (χ0n) is 15.2. The molecule has 0 aliphatic heterocycles. The number of rotatable bonds is 7. The monoisotopic (exact) mass is 405 g/mol. The van der Waals surface area contributed by atoms with Crippen LogP contribution in [0.1, 0.15) is 37.8 Å². The Morgan fingerprint density at radius 2 is 1.85 bits per heavy atom. The van der Waals surface area contributed by atoms with Crippen molar-refractivity contribution in [3.63, 3.8) is 0 Å². The number of hydrogen-bond donors (Lipinski definition) is 1. The number of carbonyl (C=O) groups is 2. The summed E-state index contributed by atoms with van der Waals surface area (Å²) in [5, 5.41) is 3.87. The number of benzene rings is 2. The van der Waals surface area contributed by atoms with Crippen molar-refractivity contribution in [3.05, 3.63) is 70.2 Å². The van der Waals surface area contributed by atoms with Gasteiger partial charge in [0.25, 0.3) is 5.91 Å². The van der Waals surface area contributed by atoms with E-state index in [9.17, 15) is 9.59 Å². The maximum absolute atomic E-state index is 12.6. The molecule has 0 saturated carbocycles. The summed E-state index contributed by atoms with van der Waals surface area (Å²) >= 11 is 12.4. The van der Waals surface area contributed by atoms with Crippen LogP contribution in [0.15, 0.2) is 49.0 Å². The lowest BCUT2D eigenvalue weighted by Gasteiger charge is -2.19. The molecule has 0 aliphatic rings. The molecule has 2 aromatic carbocycles. The Morgan fingerprint density at radius 1 is 1.15 bits per heavy atom. The Kier molecular flexibility index (Phi) is 7.45. The lowest BCUT2D eigenvalue weighted by atomic mass is 9.97. The van der Waals surface area contributed by atoms with E-state index < -0.39 is 18.0 Å². The van der Waals surface area contributed by atoms with Gasteiger partial charge in [0.2, 0.25) is 0 Å². The van der Waals surface area contributed by atoms with Gasteiger partial charge >= 0.3 is 5.97 Å². The third kappa shape index (κ3) is 5.59. The molecule has 0 heterocycles. The summed E-state index contributed by atoms with van der Waals surface area (Å²) in [4.78, 5) is 23.9. The number of amides is 1. The Balaban J connectivity index is 2.35. The van der Waals surface area contributed by atoms with Crippen LogP contribution >= 0.6 is 23.2 Å². The predicted octanol–water partition coefficient (Wildman–Crippen LogP) is 5.73. The number of ether oxygens (including phenoxy) is 1. The van der Waals surface area contributed by atoms with Crippen LogP contribution in [-0.2, 0) is 14.3 Å². The minimum Gasteiger partial charge on any atom is -0.452 e. The smallest absolute Gasteiger partial charge is 0.303 e. The maximum atomic E-state index is 12.6. The number of esters is 1. The van der Waals surface area contributed by atoms with Crippen molar-refractivity contribution in [2.24, 2.45) is 0 Å². The summed E-state index contributed by atoms with van der Waals surface area (Å²) in [5.74, 6) is -0.900. The topological polar surface area (TPSA) is 55.4 Å². The van der Waals surface area contributed by atoms with Gasteiger partial charge in [0.05, 0.1) is 0 Å². The summed E-state index contributed by atoms with van der Waals surface area (Å²) in [5.41, 5.74) is 2.52. The van der Waals surface area contributed by atoms with Gasteiger partial charge in [0.15, 0.2) is 6.10 Å². The first-order chi connectivity index (χ1) is 12.8. The van der Waals surface area contributed by atoms with E-state index in [0.29, 0.717) is 39.7 Å². The number of halogens is 2. The maximum Gasteiger partial charge on any atom is 0.303 e. The molecule has 1 N–H and O–H groups in total. The van der Waals surface area contributed by atoms with Gasteiger partial charge in [-0.1, -0.05) is 61.3 Å². The van der Waals surface area contributed by atoms with Crippen LogP contribution in [0, 0.1) is 0 Å². The first kappa shape index (κ1) is 21.0. The fourth-order valence-corrected chi connectivity index (χ4v) is 3.07. The van der Waals surface area contributed by atoms with E-state index in [4.69, 9.17) is 27.9 Å². The highest BCUT2D eigenvalue weighted by Gasteiger charge is 2.22. The van der Waals surface area contributed by atoms with Gasteiger partial charge in [0, 0.05) is 33.8 Å². The fourth-order valence-electron chi connectivity index (χ4n) is 2.65. The largest absolute Gasteiger partial charge is 0.452 e. The first-order valence-electron chi connectivity index (χ1n) is 8.55. The van der Waals surface area contributed by atoms with Crippen LogP contribution in [0.2, 0.25) is 10.0 Å². The molecular formula is C21H21Cl2NO3. The molecule has 2 rings (SSSR count). The van der Waals surface area contributed by atoms with Gasteiger partial charge in [-0.15, -0.1) is 0 Å². The SMILES string of the molecule is C=C(c1ccccc1Cl)c1cc(Cl)ccc1NC(=O)C(CCC)OC(C)=O. The van der Waals surface area contributed by atoms with Crippen LogP contribution in [0.25, 0.3) is 5.57 Å². The van der Waals surface area contributed by atoms with Gasteiger partial charge < -0.3 is 10.1 Å². The molecule has 0 fully saturated rings. The van der Waals surface area contributed by atoms with Crippen LogP contribution in [-0.4, -0.2) is 18.0 Å². The van der Waals surface area contributed by atoms with E-state index >= 15 is 0 Å². The summed E-state index contributed by atoms with van der Waals surface area (Å²) in [6.45, 7) is 7.31. The van der Waals surface area contributed by atoms with E-state index in [1.54, 1.807) is 24.3 Å². The molecule has 0 aliphatic carbocycles. The first-order valence-corrected chi connectivity index (χ1v) is 9.30. The second kappa shape index (κ2) is 9.58. The van der Waals surface area contributed by atoms with Crippen molar-refractivity contribution in [2.45, 2.75) is 32.8 Å². The molecule has 27 heavy (non-hydrogen) atoms. The van der Waals surface area contributed by atoms with E-state index in [1.807, 2.05) is 25.1 Å². The summed E-state index contributed by atoms with van der Waals surface area (Å²) in [6, 6.07) is 12.4. The average molecular weight is 406 g/mol. The second-order valence-corrected chi connectivity index (χ2v) is 6.87. The van der Waals surface area contributed by atoms with Gasteiger partial charge in [-0.25, -0.2) is 0 Å². The average Bonchev–Trinajstić information content (AvgIpc) is 2.62. The van der Waals surface area contributed by atoms with Crippen molar-refractivity contribution in [2.75, 3.05) is 5.32 Å². The Morgan fingerprint density at radius 3 is 2.48 bits per heavy atom. The van der Waals surface area contributed by atoms with E-state index in [2.05, 4.69) is 11.9 Å². The van der Waals surface area contributed by atoms with E-state index in [1.165, 1.54) is 6.92 Å². The predicted molar refractivity (Wildman–Crippen MR) is 110 cm³/mol. The summed E-state index contributed by atoms with van der Waals surface area (Å²) in [7, 11) is 0. The molecule has 0 bridgehead atoms. The molecule has 0 spiro atoms. The van der Waals surface area contributed by atoms with Gasteiger partial charge in [-0.2, -0.15) is 0 Å². The zero-order valence-corrected chi connectivity index (χ0v) is 16.7. The van der Waals surface area contributed by atoms with Crippen molar-refractivity contribution in [1.82, 2.24) is 0 Å². The van der Waals surface area contributed by atoms with Gasteiger partial charge in [0.1, 0.15) is 0 Å². The quantitative estimate of drug-likeness (QED) is 0.598.